The molecule has 0 spiro atoms. The van der Waals surface area contributed by atoms with E-state index in [9.17, 15) is 27.9 Å². The number of hydrogen-bond donors (Lipinski definition) is 4. The van der Waals surface area contributed by atoms with Gasteiger partial charge in [0.2, 0.25) is 11.8 Å². The molecule has 14 heteroatoms. The van der Waals surface area contributed by atoms with Crippen LogP contribution in [-0.4, -0.2) is 59.6 Å². The van der Waals surface area contributed by atoms with Crippen LogP contribution in [0.5, 0.6) is 5.75 Å². The first-order chi connectivity index (χ1) is 23.2. The molecule has 1 aliphatic heterocycles. The van der Waals surface area contributed by atoms with Crippen molar-refractivity contribution in [2.75, 3.05) is 29.5 Å². The zero-order valence-corrected chi connectivity index (χ0v) is 29.0. The number of sulfone groups is 1. The summed E-state index contributed by atoms with van der Waals surface area (Å²) in [6.07, 6.45) is 1.65. The van der Waals surface area contributed by atoms with Crippen molar-refractivity contribution in [3.8, 4) is 5.75 Å². The van der Waals surface area contributed by atoms with Crippen molar-refractivity contribution in [2.45, 2.75) is 56.3 Å². The Morgan fingerprint density at radius 1 is 1.08 bits per heavy atom. The summed E-state index contributed by atoms with van der Waals surface area (Å²) < 4.78 is 33.1. The van der Waals surface area contributed by atoms with Gasteiger partial charge in [-0.3, -0.25) is 14.4 Å². The van der Waals surface area contributed by atoms with Gasteiger partial charge in [-0.25, -0.2) is 13.4 Å². The Kier molecular flexibility index (Phi) is 10.3. The molecule has 2 heterocycles. The number of nitrogen functional groups attached to an aromatic ring is 1. The van der Waals surface area contributed by atoms with Crippen molar-refractivity contribution in [1.82, 2.24) is 9.88 Å². The summed E-state index contributed by atoms with van der Waals surface area (Å²) in [6.45, 7) is 6.50. The smallest absolute Gasteiger partial charge is 0.309 e. The standard InChI is InChI=1S/C35H38ClN5O7S/c1-5-48-29-17-22(6-10-28(29)36)31(40-23-7-9-25-21(16-23)12-14-38-33(25)37)34(43)41-15-13-26(35(44)45)32(41)27-18-24(39-20(4)42)8-11-30(27)49(46,47)19(2)3/h6-12,14,16-19,26,31-32,40H,5,13,15H2,1-4H3,(H2,37,38)(H,39,42)(H,44,45). The Morgan fingerprint density at radius 2 is 1.82 bits per heavy atom. The van der Waals surface area contributed by atoms with E-state index >= 15 is 0 Å². The molecule has 0 saturated carbocycles. The highest BCUT2D eigenvalue weighted by Crippen LogP contribution is 2.44. The largest absolute Gasteiger partial charge is 0.492 e. The number of ether oxygens (including phenoxy) is 1. The molecule has 5 rings (SSSR count). The summed E-state index contributed by atoms with van der Waals surface area (Å²) in [7, 11) is -3.96. The third-order valence-electron chi connectivity index (χ3n) is 8.52. The molecular weight excluding hydrogens is 670 g/mol. The van der Waals surface area contributed by atoms with Crippen molar-refractivity contribution < 1.29 is 32.6 Å². The summed E-state index contributed by atoms with van der Waals surface area (Å²) in [6, 6.07) is 14.1. The first-order valence-electron chi connectivity index (χ1n) is 15.7. The maximum absolute atomic E-state index is 14.9. The lowest BCUT2D eigenvalue weighted by Crippen LogP contribution is -2.40. The second-order valence-corrected chi connectivity index (χ2v) is 14.9. The van der Waals surface area contributed by atoms with Crippen LogP contribution in [0.15, 0.2) is 71.8 Å². The van der Waals surface area contributed by atoms with Gasteiger partial charge in [0.15, 0.2) is 9.84 Å². The first kappa shape index (κ1) is 35.4. The fourth-order valence-electron chi connectivity index (χ4n) is 6.13. The van der Waals surface area contributed by atoms with Crippen LogP contribution >= 0.6 is 11.6 Å². The third-order valence-corrected chi connectivity index (χ3v) is 11.1. The number of nitrogens with two attached hydrogens (primary N) is 1. The highest BCUT2D eigenvalue weighted by molar-refractivity contribution is 7.92. The number of fused-ring (bicyclic) bond motifs is 1. The van der Waals surface area contributed by atoms with E-state index < -0.39 is 50.9 Å². The predicted octanol–water partition coefficient (Wildman–Crippen LogP) is 5.84. The number of amides is 2. The number of halogens is 1. The molecule has 1 fully saturated rings. The Morgan fingerprint density at radius 3 is 2.49 bits per heavy atom. The number of carbonyl (C=O) groups excluding carboxylic acids is 2. The molecule has 1 saturated heterocycles. The van der Waals surface area contributed by atoms with E-state index in [4.69, 9.17) is 22.1 Å². The zero-order chi connectivity index (χ0) is 35.6. The molecule has 5 N–H and O–H groups in total. The van der Waals surface area contributed by atoms with Gasteiger partial charge in [0.25, 0.3) is 0 Å². The normalized spacial score (nSPS) is 16.8. The van der Waals surface area contributed by atoms with E-state index in [0.717, 1.165) is 10.8 Å². The van der Waals surface area contributed by atoms with Crippen LogP contribution in [0.2, 0.25) is 5.02 Å². The first-order valence-corrected chi connectivity index (χ1v) is 17.7. The Hall–Kier alpha value is -4.88. The highest BCUT2D eigenvalue weighted by atomic mass is 35.5. The van der Waals surface area contributed by atoms with Crippen LogP contribution in [0.3, 0.4) is 0 Å². The Labute approximate surface area is 289 Å². The number of benzene rings is 3. The molecule has 12 nitrogen and oxygen atoms in total. The van der Waals surface area contributed by atoms with E-state index in [2.05, 4.69) is 15.6 Å². The van der Waals surface area contributed by atoms with Crippen LogP contribution in [0.25, 0.3) is 10.8 Å². The minimum atomic E-state index is -3.96. The van der Waals surface area contributed by atoms with Crippen LogP contribution in [0.4, 0.5) is 17.2 Å². The van der Waals surface area contributed by atoms with E-state index in [1.54, 1.807) is 49.5 Å². The summed E-state index contributed by atoms with van der Waals surface area (Å²) in [4.78, 5) is 45.0. The summed E-state index contributed by atoms with van der Waals surface area (Å²) in [5.41, 5.74) is 7.48. The molecule has 3 unspecified atom stereocenters. The number of anilines is 3. The number of nitrogens with zero attached hydrogens (tertiary/aromatic N) is 2. The van der Waals surface area contributed by atoms with Gasteiger partial charge in [-0.15, -0.1) is 0 Å². The molecular formula is C35H38ClN5O7S. The van der Waals surface area contributed by atoms with Crippen LogP contribution in [0.1, 0.15) is 57.3 Å². The van der Waals surface area contributed by atoms with E-state index in [1.165, 1.54) is 43.9 Å². The van der Waals surface area contributed by atoms with Gasteiger partial charge in [0.1, 0.15) is 17.6 Å². The van der Waals surface area contributed by atoms with Gasteiger partial charge >= 0.3 is 5.97 Å². The molecule has 258 valence electrons. The van der Waals surface area contributed by atoms with Crippen molar-refractivity contribution >= 4 is 67.2 Å². The zero-order valence-electron chi connectivity index (χ0n) is 27.4. The van der Waals surface area contributed by atoms with Gasteiger partial charge in [-0.2, -0.15) is 0 Å². The van der Waals surface area contributed by atoms with Crippen molar-refractivity contribution in [3.63, 3.8) is 0 Å². The molecule has 4 aromatic rings. The molecule has 1 aromatic heterocycles. The molecule has 0 aliphatic carbocycles. The summed E-state index contributed by atoms with van der Waals surface area (Å²) in [5, 5.41) is 17.3. The number of aliphatic carboxylic acids is 1. The summed E-state index contributed by atoms with van der Waals surface area (Å²) in [5.74, 6) is -2.53. The second kappa shape index (κ2) is 14.3. The molecule has 3 aromatic carbocycles. The Balaban J connectivity index is 1.67. The third kappa shape index (κ3) is 7.27. The van der Waals surface area contributed by atoms with Gasteiger partial charge in [-0.05, 0) is 98.3 Å². The van der Waals surface area contributed by atoms with Crippen LogP contribution < -0.4 is 21.1 Å². The van der Waals surface area contributed by atoms with Crippen LogP contribution in [0, 0.1) is 5.92 Å². The fraction of sp³-hybridized carbons (Fsp3) is 0.314. The fourth-order valence-corrected chi connectivity index (χ4v) is 7.58. The maximum atomic E-state index is 14.9. The summed E-state index contributed by atoms with van der Waals surface area (Å²) >= 11 is 6.41. The molecule has 0 bridgehead atoms. The topological polar surface area (TPSA) is 181 Å². The highest BCUT2D eigenvalue weighted by Gasteiger charge is 2.46. The van der Waals surface area contributed by atoms with Crippen molar-refractivity contribution in [3.05, 3.63) is 83.0 Å². The number of carboxylic acid groups (broad SMARTS) is 1. The maximum Gasteiger partial charge on any atom is 0.309 e. The average Bonchev–Trinajstić information content (AvgIpc) is 3.50. The van der Waals surface area contributed by atoms with Gasteiger partial charge in [0.05, 0.1) is 33.7 Å². The SMILES string of the molecule is CCOc1cc(C(Nc2ccc3c(N)nccc3c2)C(=O)N2CCC(C(=O)O)C2c2cc(NC(C)=O)ccc2S(=O)(=O)C(C)C)ccc1Cl. The number of likely N-dealkylation sites (tertiary alicyclic amines) is 1. The van der Waals surface area contributed by atoms with E-state index in [-0.39, 0.29) is 29.1 Å². The van der Waals surface area contributed by atoms with E-state index in [0.29, 0.717) is 34.4 Å². The van der Waals surface area contributed by atoms with Crippen molar-refractivity contribution in [1.29, 1.82) is 0 Å². The quantitative estimate of drug-likeness (QED) is 0.148. The molecule has 1 aliphatic rings. The lowest BCUT2D eigenvalue weighted by Gasteiger charge is -2.33. The molecule has 2 amide bonds. The lowest BCUT2D eigenvalue weighted by molar-refractivity contribution is -0.143. The second-order valence-electron chi connectivity index (χ2n) is 12.1. The van der Waals surface area contributed by atoms with Gasteiger partial charge in [0, 0.05) is 36.4 Å². The lowest BCUT2D eigenvalue weighted by atomic mass is 9.92. The number of pyridine rings is 1. The number of carbonyl (C=O) groups is 3. The average molecular weight is 708 g/mol. The molecule has 3 atom stereocenters. The number of nitrogens with one attached hydrogen (secondary N) is 2. The Bertz CT molecular complexity index is 2040. The number of rotatable bonds is 11. The van der Waals surface area contributed by atoms with Gasteiger partial charge in [-0.1, -0.05) is 17.7 Å². The minimum Gasteiger partial charge on any atom is -0.492 e. The van der Waals surface area contributed by atoms with Gasteiger partial charge < -0.3 is 31.1 Å². The minimum absolute atomic E-state index is 0.0238. The van der Waals surface area contributed by atoms with Crippen molar-refractivity contribution in [2.24, 2.45) is 5.92 Å². The molecule has 0 radical (unpaired) electrons. The number of aromatic nitrogens is 1. The molecule has 49 heavy (non-hydrogen) atoms. The monoisotopic (exact) mass is 707 g/mol. The number of hydrogen-bond acceptors (Lipinski definition) is 9. The van der Waals surface area contributed by atoms with Crippen LogP contribution in [-0.2, 0) is 24.2 Å². The predicted molar refractivity (Wildman–Crippen MR) is 188 cm³/mol. The van der Waals surface area contributed by atoms with E-state index in [1.807, 2.05) is 6.07 Å². The number of carboxylic acids is 1.